The first-order valence-corrected chi connectivity index (χ1v) is 10.3. The van der Waals surface area contributed by atoms with Crippen molar-refractivity contribution in [1.82, 2.24) is 39.5 Å². The summed E-state index contributed by atoms with van der Waals surface area (Å²) in [5.74, 6) is -0.568. The smallest absolute Gasteiger partial charge is 0.351 e. The summed E-state index contributed by atoms with van der Waals surface area (Å²) in [4.78, 5) is 16.8. The molecule has 0 bridgehead atoms. The van der Waals surface area contributed by atoms with Gasteiger partial charge in [-0.1, -0.05) is 0 Å². The molecule has 4 heterocycles. The number of nitrogens with zero attached hydrogens (tertiary/aromatic N) is 7. The fourth-order valence-electron chi connectivity index (χ4n) is 3.70. The lowest BCUT2D eigenvalue weighted by atomic mass is 10.1. The molecule has 0 saturated carbocycles. The van der Waals surface area contributed by atoms with E-state index in [4.69, 9.17) is 0 Å². The normalized spacial score (nSPS) is 12.0. The third-order valence-corrected chi connectivity index (χ3v) is 5.18. The number of aryl methyl sites for hydroxylation is 5. The van der Waals surface area contributed by atoms with E-state index in [1.54, 1.807) is 20.2 Å². The van der Waals surface area contributed by atoms with Crippen LogP contribution in [0.25, 0.3) is 16.9 Å². The van der Waals surface area contributed by atoms with Gasteiger partial charge in [0, 0.05) is 43.7 Å². The zero-order valence-corrected chi connectivity index (χ0v) is 18.6. The Bertz CT molecular complexity index is 1330. The third kappa shape index (κ3) is 4.59. The molecular weight excluding hydrogens is 437 g/mol. The summed E-state index contributed by atoms with van der Waals surface area (Å²) >= 11 is 0. The minimum atomic E-state index is -4.69. The van der Waals surface area contributed by atoms with Crippen molar-refractivity contribution in [2.75, 3.05) is 6.54 Å². The standard InChI is InChI=1S/C21H23F3N8O/c1-12-8-13(2)31(27-12)7-5-6-25-20(33)17-10-19-26-16(15-11-30(4)28-14(15)3)9-18(21(22,23)24)32(19)29-17/h8-11H,5-7H2,1-4H3,(H,25,33). The summed E-state index contributed by atoms with van der Waals surface area (Å²) in [6.45, 7) is 6.47. The van der Waals surface area contributed by atoms with Gasteiger partial charge in [0.25, 0.3) is 5.91 Å². The van der Waals surface area contributed by atoms with Crippen LogP contribution in [0.15, 0.2) is 24.4 Å². The number of rotatable bonds is 6. The second kappa shape index (κ2) is 8.34. The molecule has 0 aliphatic heterocycles. The van der Waals surface area contributed by atoms with Crippen molar-refractivity contribution in [3.05, 3.63) is 52.9 Å². The van der Waals surface area contributed by atoms with Gasteiger partial charge in [-0.3, -0.25) is 14.2 Å². The Labute approximate surface area is 187 Å². The molecule has 33 heavy (non-hydrogen) atoms. The summed E-state index contributed by atoms with van der Waals surface area (Å²) in [5.41, 5.74) is 1.82. The van der Waals surface area contributed by atoms with Crippen LogP contribution in [0.2, 0.25) is 0 Å². The quantitative estimate of drug-likeness (QED) is 0.446. The topological polar surface area (TPSA) is 94.9 Å². The molecule has 0 unspecified atom stereocenters. The number of nitrogens with one attached hydrogen (secondary N) is 1. The molecule has 0 spiro atoms. The molecule has 12 heteroatoms. The van der Waals surface area contributed by atoms with Crippen molar-refractivity contribution in [3.8, 4) is 11.3 Å². The average Bonchev–Trinajstić information content (AvgIpc) is 3.39. The molecule has 4 rings (SSSR count). The Morgan fingerprint density at radius 3 is 2.45 bits per heavy atom. The van der Waals surface area contributed by atoms with Gasteiger partial charge < -0.3 is 5.32 Å². The molecule has 174 valence electrons. The Balaban J connectivity index is 1.56. The molecule has 0 atom stereocenters. The predicted molar refractivity (Wildman–Crippen MR) is 114 cm³/mol. The lowest BCUT2D eigenvalue weighted by Gasteiger charge is -2.10. The molecule has 4 aromatic heterocycles. The molecule has 0 aliphatic carbocycles. The molecule has 0 aliphatic rings. The SMILES string of the molecule is Cc1cc(C)n(CCCNC(=O)c2cc3nc(-c4cn(C)nc4C)cc(C(F)(F)F)n3n2)n1. The maximum atomic E-state index is 13.8. The lowest BCUT2D eigenvalue weighted by Crippen LogP contribution is -2.26. The molecule has 1 amide bonds. The van der Waals surface area contributed by atoms with Gasteiger partial charge >= 0.3 is 6.18 Å². The van der Waals surface area contributed by atoms with Crippen LogP contribution < -0.4 is 5.32 Å². The zero-order valence-electron chi connectivity index (χ0n) is 18.6. The van der Waals surface area contributed by atoms with E-state index in [1.165, 1.54) is 10.7 Å². The maximum Gasteiger partial charge on any atom is 0.433 e. The summed E-state index contributed by atoms with van der Waals surface area (Å²) in [6, 6.07) is 4.13. The number of carbonyl (C=O) groups excluding carboxylic acids is 1. The molecule has 9 nitrogen and oxygen atoms in total. The first-order valence-electron chi connectivity index (χ1n) is 10.3. The Kier molecular flexibility index (Phi) is 5.68. The summed E-state index contributed by atoms with van der Waals surface area (Å²) in [7, 11) is 1.68. The van der Waals surface area contributed by atoms with Crippen LogP contribution >= 0.6 is 0 Å². The van der Waals surface area contributed by atoms with E-state index in [2.05, 4.69) is 25.6 Å². The Morgan fingerprint density at radius 1 is 1.09 bits per heavy atom. The number of hydrogen-bond acceptors (Lipinski definition) is 5. The van der Waals surface area contributed by atoms with Crippen LogP contribution in [-0.4, -0.2) is 46.6 Å². The second-order valence-electron chi connectivity index (χ2n) is 7.89. The van der Waals surface area contributed by atoms with Crippen LogP contribution in [0.1, 0.15) is 39.7 Å². The van der Waals surface area contributed by atoms with Crippen LogP contribution in [0, 0.1) is 20.8 Å². The van der Waals surface area contributed by atoms with Crippen LogP contribution in [-0.2, 0) is 19.8 Å². The van der Waals surface area contributed by atoms with Gasteiger partial charge in [-0.2, -0.15) is 28.5 Å². The van der Waals surface area contributed by atoms with Gasteiger partial charge in [-0.25, -0.2) is 9.50 Å². The number of aromatic nitrogens is 7. The van der Waals surface area contributed by atoms with E-state index in [9.17, 15) is 18.0 Å². The Morgan fingerprint density at radius 2 is 1.85 bits per heavy atom. The number of halogens is 3. The van der Waals surface area contributed by atoms with E-state index in [0.717, 1.165) is 17.5 Å². The number of alkyl halides is 3. The van der Waals surface area contributed by atoms with Crippen LogP contribution in [0.5, 0.6) is 0 Å². The van der Waals surface area contributed by atoms with Crippen molar-refractivity contribution < 1.29 is 18.0 Å². The number of hydrogen-bond donors (Lipinski definition) is 1. The summed E-state index contributed by atoms with van der Waals surface area (Å²) in [5, 5.41) is 15.1. The summed E-state index contributed by atoms with van der Waals surface area (Å²) in [6.07, 6.45) is -2.48. The fraction of sp³-hybridized carbons (Fsp3) is 0.381. The molecule has 0 aromatic carbocycles. The van der Waals surface area contributed by atoms with Crippen molar-refractivity contribution in [1.29, 1.82) is 0 Å². The molecular formula is C21H23F3N8O. The van der Waals surface area contributed by atoms with Crippen LogP contribution in [0.4, 0.5) is 13.2 Å². The predicted octanol–water partition coefficient (Wildman–Crippen LogP) is 3.09. The fourth-order valence-corrected chi connectivity index (χ4v) is 3.70. The van der Waals surface area contributed by atoms with Gasteiger partial charge in [0.2, 0.25) is 0 Å². The minimum Gasteiger partial charge on any atom is -0.351 e. The van der Waals surface area contributed by atoms with E-state index >= 15 is 0 Å². The first-order chi connectivity index (χ1) is 15.5. The molecule has 4 aromatic rings. The molecule has 0 saturated heterocycles. The van der Waals surface area contributed by atoms with Gasteiger partial charge in [0.05, 0.1) is 17.1 Å². The minimum absolute atomic E-state index is 0.0733. The highest BCUT2D eigenvalue weighted by Crippen LogP contribution is 2.33. The van der Waals surface area contributed by atoms with Gasteiger partial charge in [0.1, 0.15) is 0 Å². The van der Waals surface area contributed by atoms with Gasteiger partial charge in [0.15, 0.2) is 17.0 Å². The highest BCUT2D eigenvalue weighted by Gasteiger charge is 2.36. The Hall–Kier alpha value is -3.70. The van der Waals surface area contributed by atoms with Crippen molar-refractivity contribution in [2.24, 2.45) is 7.05 Å². The number of fused-ring (bicyclic) bond motifs is 1. The molecule has 0 radical (unpaired) electrons. The van der Waals surface area contributed by atoms with Crippen molar-refractivity contribution >= 4 is 11.6 Å². The van der Waals surface area contributed by atoms with E-state index in [0.29, 0.717) is 35.3 Å². The van der Waals surface area contributed by atoms with Gasteiger partial charge in [-0.05, 0) is 39.3 Å². The van der Waals surface area contributed by atoms with Gasteiger partial charge in [-0.15, -0.1) is 0 Å². The van der Waals surface area contributed by atoms with Crippen molar-refractivity contribution in [2.45, 2.75) is 39.9 Å². The van der Waals surface area contributed by atoms with Crippen molar-refractivity contribution in [3.63, 3.8) is 0 Å². The molecule has 0 fully saturated rings. The average molecular weight is 460 g/mol. The highest BCUT2D eigenvalue weighted by molar-refractivity contribution is 5.93. The van der Waals surface area contributed by atoms with Crippen LogP contribution in [0.3, 0.4) is 0 Å². The summed E-state index contributed by atoms with van der Waals surface area (Å²) < 4.78 is 45.3. The zero-order chi connectivity index (χ0) is 23.9. The number of carbonyl (C=O) groups is 1. The lowest BCUT2D eigenvalue weighted by molar-refractivity contribution is -0.142. The maximum absolute atomic E-state index is 13.8. The highest BCUT2D eigenvalue weighted by atomic mass is 19.4. The molecule has 1 N–H and O–H groups in total. The monoisotopic (exact) mass is 460 g/mol. The first kappa shape index (κ1) is 22.5. The van der Waals surface area contributed by atoms with E-state index in [1.807, 2.05) is 24.6 Å². The second-order valence-corrected chi connectivity index (χ2v) is 7.89. The largest absolute Gasteiger partial charge is 0.433 e. The van der Waals surface area contributed by atoms with E-state index in [-0.39, 0.29) is 17.0 Å². The van der Waals surface area contributed by atoms with E-state index < -0.39 is 17.8 Å². The third-order valence-electron chi connectivity index (χ3n) is 5.18. The number of amides is 1.